The molecule has 0 unspecified atom stereocenters. The van der Waals surface area contributed by atoms with E-state index in [2.05, 4.69) is 21.4 Å². The number of rotatable bonds is 7. The van der Waals surface area contributed by atoms with Crippen LogP contribution in [0.5, 0.6) is 5.75 Å². The third kappa shape index (κ3) is 5.27. The van der Waals surface area contributed by atoms with E-state index in [0.717, 1.165) is 6.20 Å². The summed E-state index contributed by atoms with van der Waals surface area (Å²) in [4.78, 5) is 34.5. The number of nitrogens with zero attached hydrogens (tertiary/aromatic N) is 5. The summed E-state index contributed by atoms with van der Waals surface area (Å²) < 4.78 is 35.1. The van der Waals surface area contributed by atoms with Crippen LogP contribution in [0.15, 0.2) is 53.6 Å². The quantitative estimate of drug-likeness (QED) is 0.335. The van der Waals surface area contributed by atoms with Gasteiger partial charge in [-0.3, -0.25) is 14.3 Å². The highest BCUT2D eigenvalue weighted by atomic mass is 35.5. The lowest BCUT2D eigenvalue weighted by molar-refractivity contribution is 0.0904. The molecule has 5 rings (SSSR count). The average Bonchev–Trinajstić information content (AvgIpc) is 3.24. The van der Waals surface area contributed by atoms with E-state index in [9.17, 15) is 23.6 Å². The maximum atomic E-state index is 13.7. The number of fused-ring (bicyclic) bond motifs is 1. The number of nitriles is 1. The number of amides is 1. The van der Waals surface area contributed by atoms with Crippen LogP contribution in [0.3, 0.4) is 0 Å². The van der Waals surface area contributed by atoms with Gasteiger partial charge in [-0.1, -0.05) is 11.6 Å². The van der Waals surface area contributed by atoms with E-state index in [0.29, 0.717) is 60.4 Å². The normalized spacial score (nSPS) is 17.1. The minimum Gasteiger partial charge on any atom is -0.497 e. The molecule has 206 valence electrons. The minimum absolute atomic E-state index is 0.105. The smallest absolute Gasteiger partial charge is 0.335 e. The standard InChI is InChI=1S/C28H25ClF2N6O3/c1-40-20-9-6-17(13-32)23(12-20)37-26-22(3-2-10-33-26)36(28(37)39)15-16-4-7-19(8-5-16)35-27(38)21-11-18(29)14-34-24(21)25(30)31/h2-3,6,9-12,14,16,19,25H,4-5,7-8,15H2,1H3,(H,35,38). The number of halogens is 3. The number of ether oxygens (including phenoxy) is 1. The highest BCUT2D eigenvalue weighted by molar-refractivity contribution is 6.30. The van der Waals surface area contributed by atoms with E-state index in [-0.39, 0.29) is 28.2 Å². The highest BCUT2D eigenvalue weighted by Crippen LogP contribution is 2.29. The molecule has 9 nitrogen and oxygen atoms in total. The van der Waals surface area contributed by atoms with E-state index in [1.54, 1.807) is 35.0 Å². The van der Waals surface area contributed by atoms with E-state index < -0.39 is 18.0 Å². The summed E-state index contributed by atoms with van der Waals surface area (Å²) in [6.07, 6.45) is 2.45. The fourth-order valence-electron chi connectivity index (χ4n) is 5.21. The molecule has 4 aromatic rings. The SMILES string of the molecule is COc1ccc(C#N)c(-n2c(=O)n(CC3CCC(NC(=O)c4cc(Cl)cnc4C(F)F)CC3)c3cccnc32)c1. The molecule has 3 heterocycles. The van der Waals surface area contributed by atoms with Crippen LogP contribution in [0.2, 0.25) is 5.02 Å². The number of hydrogen-bond acceptors (Lipinski definition) is 6. The van der Waals surface area contributed by atoms with Crippen molar-refractivity contribution < 1.29 is 18.3 Å². The molecule has 1 amide bonds. The Balaban J connectivity index is 1.34. The molecule has 1 aliphatic rings. The number of carbonyl (C=O) groups is 1. The number of hydrogen-bond donors (Lipinski definition) is 1. The zero-order valence-electron chi connectivity index (χ0n) is 21.5. The van der Waals surface area contributed by atoms with Crippen LogP contribution in [0, 0.1) is 17.2 Å². The molecule has 12 heteroatoms. The highest BCUT2D eigenvalue weighted by Gasteiger charge is 2.28. The van der Waals surface area contributed by atoms with Gasteiger partial charge < -0.3 is 10.1 Å². The molecule has 1 saturated carbocycles. The van der Waals surface area contributed by atoms with E-state index in [4.69, 9.17) is 16.3 Å². The topological polar surface area (TPSA) is 115 Å². The molecule has 1 aromatic carbocycles. The monoisotopic (exact) mass is 566 g/mol. The summed E-state index contributed by atoms with van der Waals surface area (Å²) >= 11 is 5.89. The van der Waals surface area contributed by atoms with Crippen molar-refractivity contribution in [3.05, 3.63) is 81.1 Å². The molecule has 40 heavy (non-hydrogen) atoms. The Labute approximate surface area is 233 Å². The molecule has 0 radical (unpaired) electrons. The van der Waals surface area contributed by atoms with Gasteiger partial charge in [-0.25, -0.2) is 23.1 Å². The Morgan fingerprint density at radius 3 is 2.70 bits per heavy atom. The van der Waals surface area contributed by atoms with Crippen LogP contribution in [-0.2, 0) is 6.54 Å². The summed E-state index contributed by atoms with van der Waals surface area (Å²) in [6.45, 7) is 0.425. The first-order valence-corrected chi connectivity index (χ1v) is 13.1. The molecule has 0 spiro atoms. The maximum Gasteiger partial charge on any atom is 0.335 e. The predicted octanol–water partition coefficient (Wildman–Crippen LogP) is 5.04. The van der Waals surface area contributed by atoms with Gasteiger partial charge in [0.25, 0.3) is 12.3 Å². The van der Waals surface area contributed by atoms with Gasteiger partial charge in [0.1, 0.15) is 17.5 Å². The number of imidazole rings is 1. The molecule has 0 aliphatic heterocycles. The third-order valence-corrected chi connectivity index (χ3v) is 7.42. The fraction of sp³-hybridized carbons (Fsp3) is 0.321. The number of nitrogens with one attached hydrogen (secondary N) is 1. The van der Waals surface area contributed by atoms with Crippen LogP contribution >= 0.6 is 11.6 Å². The Kier molecular flexibility index (Phi) is 7.80. The van der Waals surface area contributed by atoms with E-state index in [1.807, 2.05) is 6.07 Å². The van der Waals surface area contributed by atoms with Crippen LogP contribution in [-0.4, -0.2) is 38.2 Å². The zero-order valence-corrected chi connectivity index (χ0v) is 22.2. The van der Waals surface area contributed by atoms with Gasteiger partial charge in [0.2, 0.25) is 0 Å². The predicted molar refractivity (Wildman–Crippen MR) is 144 cm³/mol. The average molecular weight is 567 g/mol. The lowest BCUT2D eigenvalue weighted by Crippen LogP contribution is -2.39. The van der Waals surface area contributed by atoms with Gasteiger partial charge in [0.05, 0.1) is 34.5 Å². The van der Waals surface area contributed by atoms with Crippen molar-refractivity contribution in [2.75, 3.05) is 7.11 Å². The molecule has 0 bridgehead atoms. The van der Waals surface area contributed by atoms with E-state index >= 15 is 0 Å². The van der Waals surface area contributed by atoms with Crippen LogP contribution < -0.4 is 15.7 Å². The largest absolute Gasteiger partial charge is 0.497 e. The van der Waals surface area contributed by atoms with Crippen molar-refractivity contribution in [1.29, 1.82) is 5.26 Å². The maximum absolute atomic E-state index is 13.7. The summed E-state index contributed by atoms with van der Waals surface area (Å²) in [6, 6.07) is 11.6. The number of alkyl halides is 2. The number of benzene rings is 1. The minimum atomic E-state index is -2.90. The van der Waals surface area contributed by atoms with Crippen molar-refractivity contribution in [2.24, 2.45) is 5.92 Å². The van der Waals surface area contributed by atoms with Crippen LogP contribution in [0.25, 0.3) is 16.9 Å². The summed E-state index contributed by atoms with van der Waals surface area (Å²) in [5.74, 6) is 0.00773. The zero-order chi connectivity index (χ0) is 28.4. The first-order valence-electron chi connectivity index (χ1n) is 12.7. The number of aromatic nitrogens is 4. The van der Waals surface area contributed by atoms with Gasteiger partial charge in [-0.2, -0.15) is 5.26 Å². The summed E-state index contributed by atoms with van der Waals surface area (Å²) in [5.41, 5.74) is 0.627. The van der Waals surface area contributed by atoms with Crippen molar-refractivity contribution >= 4 is 28.7 Å². The van der Waals surface area contributed by atoms with Gasteiger partial charge in [0, 0.05) is 31.0 Å². The second-order valence-electron chi connectivity index (χ2n) is 9.65. The van der Waals surface area contributed by atoms with Crippen molar-refractivity contribution in [1.82, 2.24) is 24.4 Å². The molecule has 0 atom stereocenters. The number of pyridine rings is 2. The number of carbonyl (C=O) groups excluding carboxylic acids is 1. The Hall–Kier alpha value is -4.30. The molecule has 1 fully saturated rings. The van der Waals surface area contributed by atoms with Gasteiger partial charge in [-0.05, 0) is 61.9 Å². The van der Waals surface area contributed by atoms with Gasteiger partial charge in [0.15, 0.2) is 5.65 Å². The molecule has 1 aliphatic carbocycles. The van der Waals surface area contributed by atoms with Crippen LogP contribution in [0.1, 0.15) is 53.7 Å². The molecular formula is C28H25ClF2N6O3. The lowest BCUT2D eigenvalue weighted by Gasteiger charge is -2.29. The van der Waals surface area contributed by atoms with Crippen molar-refractivity contribution in [2.45, 2.75) is 44.7 Å². The second-order valence-corrected chi connectivity index (χ2v) is 10.1. The summed E-state index contributed by atoms with van der Waals surface area (Å²) in [5, 5.41) is 12.6. The Bertz CT molecular complexity index is 1670. The third-order valence-electron chi connectivity index (χ3n) is 7.22. The molecule has 1 N–H and O–H groups in total. The first kappa shape index (κ1) is 27.3. The van der Waals surface area contributed by atoms with Crippen molar-refractivity contribution in [3.63, 3.8) is 0 Å². The number of methoxy groups -OCH3 is 1. The lowest BCUT2D eigenvalue weighted by atomic mass is 9.85. The second kappa shape index (κ2) is 11.4. The molecule has 0 saturated heterocycles. The van der Waals surface area contributed by atoms with Gasteiger partial charge in [-0.15, -0.1) is 0 Å². The van der Waals surface area contributed by atoms with Gasteiger partial charge >= 0.3 is 5.69 Å². The molecular weight excluding hydrogens is 542 g/mol. The van der Waals surface area contributed by atoms with E-state index in [1.165, 1.54) is 17.7 Å². The van der Waals surface area contributed by atoms with Crippen molar-refractivity contribution in [3.8, 4) is 17.5 Å². The summed E-state index contributed by atoms with van der Waals surface area (Å²) in [7, 11) is 1.51. The Morgan fingerprint density at radius 2 is 2.00 bits per heavy atom. The fourth-order valence-corrected chi connectivity index (χ4v) is 5.37. The molecule has 3 aromatic heterocycles. The van der Waals surface area contributed by atoms with Crippen LogP contribution in [0.4, 0.5) is 8.78 Å². The first-order chi connectivity index (χ1) is 19.3. The Morgan fingerprint density at radius 1 is 1.23 bits per heavy atom.